The molecule has 0 aromatic rings. The quantitative estimate of drug-likeness (QED) is 0.750. The predicted molar refractivity (Wildman–Crippen MR) is 99.9 cm³/mol. The molecule has 1 aliphatic carbocycles. The van der Waals surface area contributed by atoms with Gasteiger partial charge >= 0.3 is 0 Å². The summed E-state index contributed by atoms with van der Waals surface area (Å²) in [5, 5.41) is 12.4. The number of carbonyl (C=O) groups excluding carboxylic acids is 1. The van der Waals surface area contributed by atoms with E-state index in [4.69, 9.17) is 0 Å². The number of hydrogen-bond donors (Lipinski definition) is 2. The third kappa shape index (κ3) is 3.23. The number of nitrogens with zero attached hydrogens (tertiary/aromatic N) is 2. The lowest BCUT2D eigenvalue weighted by atomic mass is 9.89. The van der Waals surface area contributed by atoms with Crippen LogP contribution < -0.4 is 10.6 Å². The Labute approximate surface area is 153 Å². The van der Waals surface area contributed by atoms with Crippen molar-refractivity contribution >= 4 is 22.0 Å². The molecule has 0 aromatic heterocycles. The average Bonchev–Trinajstić information content (AvgIpc) is 3.05. The summed E-state index contributed by atoms with van der Waals surface area (Å²) in [4.78, 5) is 12.3. The van der Waals surface area contributed by atoms with Crippen molar-refractivity contribution in [2.45, 2.75) is 30.7 Å². The Hall–Kier alpha value is -1.93. The fraction of sp³-hybridized carbons (Fsp3) is 0.556. The van der Waals surface area contributed by atoms with E-state index in [0.29, 0.717) is 12.3 Å². The molecule has 3 unspecified atom stereocenters. The van der Waals surface area contributed by atoms with Crippen molar-refractivity contribution < 1.29 is 13.2 Å². The lowest BCUT2D eigenvalue weighted by molar-refractivity contribution is -0.119. The lowest BCUT2D eigenvalue weighted by Crippen LogP contribution is -2.52. The molecule has 0 saturated carbocycles. The van der Waals surface area contributed by atoms with Crippen LogP contribution in [0.5, 0.6) is 0 Å². The molecule has 140 valence electrons. The molecule has 1 fully saturated rings. The van der Waals surface area contributed by atoms with Gasteiger partial charge in [-0.05, 0) is 37.9 Å². The maximum absolute atomic E-state index is 12.3. The molecule has 1 amide bonds. The number of allylic oxidation sites excluding steroid dienone is 3. The monoisotopic (exact) mass is 376 g/mol. The van der Waals surface area contributed by atoms with E-state index in [2.05, 4.69) is 15.7 Å². The van der Waals surface area contributed by atoms with Gasteiger partial charge in [-0.1, -0.05) is 18.2 Å². The van der Waals surface area contributed by atoms with Crippen molar-refractivity contribution in [3.05, 3.63) is 35.6 Å². The normalized spacial score (nSPS) is 32.1. The molecule has 1 saturated heterocycles. The second kappa shape index (κ2) is 6.66. The zero-order valence-corrected chi connectivity index (χ0v) is 15.6. The van der Waals surface area contributed by atoms with Crippen LogP contribution in [0, 0.1) is 11.8 Å². The minimum atomic E-state index is -3.09. The van der Waals surface area contributed by atoms with Crippen molar-refractivity contribution in [1.29, 1.82) is 0 Å². The first-order chi connectivity index (χ1) is 12.4. The zero-order valence-electron chi connectivity index (χ0n) is 14.8. The Morgan fingerprint density at radius 2 is 2.04 bits per heavy atom. The SMILES string of the molecule is CS(=O)(=O)C1C=CC(C2C=NN3C(C4CCNCC4)=CC(=O)NC23)=CC1. The van der Waals surface area contributed by atoms with E-state index in [-0.39, 0.29) is 18.0 Å². The molecule has 2 N–H and O–H groups in total. The second-order valence-corrected chi connectivity index (χ2v) is 9.61. The van der Waals surface area contributed by atoms with E-state index < -0.39 is 15.1 Å². The van der Waals surface area contributed by atoms with Gasteiger partial charge in [-0.3, -0.25) is 4.79 Å². The van der Waals surface area contributed by atoms with Crippen molar-refractivity contribution in [3.63, 3.8) is 0 Å². The molecule has 4 aliphatic rings. The minimum Gasteiger partial charge on any atom is -0.330 e. The van der Waals surface area contributed by atoms with Gasteiger partial charge in [0.1, 0.15) is 6.17 Å². The summed E-state index contributed by atoms with van der Waals surface area (Å²) < 4.78 is 23.4. The van der Waals surface area contributed by atoms with Crippen molar-refractivity contribution in [1.82, 2.24) is 15.6 Å². The summed E-state index contributed by atoms with van der Waals surface area (Å²) >= 11 is 0. The van der Waals surface area contributed by atoms with E-state index in [9.17, 15) is 13.2 Å². The topological polar surface area (TPSA) is 90.9 Å². The highest BCUT2D eigenvalue weighted by atomic mass is 32.2. The molecule has 4 rings (SSSR count). The van der Waals surface area contributed by atoms with Crippen molar-refractivity contribution in [2.75, 3.05) is 19.3 Å². The minimum absolute atomic E-state index is 0.0684. The van der Waals surface area contributed by atoms with Crippen LogP contribution >= 0.6 is 0 Å². The maximum atomic E-state index is 12.3. The molecule has 3 atom stereocenters. The van der Waals surface area contributed by atoms with Gasteiger partial charge in [-0.15, -0.1) is 0 Å². The highest BCUT2D eigenvalue weighted by molar-refractivity contribution is 7.91. The van der Waals surface area contributed by atoms with Gasteiger partial charge in [-0.25, -0.2) is 13.4 Å². The summed E-state index contributed by atoms with van der Waals surface area (Å²) in [6.45, 7) is 1.91. The molecule has 7 nitrogen and oxygen atoms in total. The average molecular weight is 376 g/mol. The summed E-state index contributed by atoms with van der Waals surface area (Å²) in [5.74, 6) is 0.192. The number of fused-ring (bicyclic) bond motifs is 1. The molecule has 0 radical (unpaired) electrons. The molecule has 0 aromatic carbocycles. The Morgan fingerprint density at radius 1 is 1.27 bits per heavy atom. The molecule has 3 aliphatic heterocycles. The van der Waals surface area contributed by atoms with E-state index in [1.54, 1.807) is 12.2 Å². The smallest absolute Gasteiger partial charge is 0.247 e. The number of sulfone groups is 1. The van der Waals surface area contributed by atoms with Gasteiger partial charge in [0, 0.05) is 30.2 Å². The fourth-order valence-corrected chi connectivity index (χ4v) is 4.90. The first-order valence-electron chi connectivity index (χ1n) is 9.07. The molecular weight excluding hydrogens is 352 g/mol. The lowest BCUT2D eigenvalue weighted by Gasteiger charge is -2.38. The van der Waals surface area contributed by atoms with Crippen LogP contribution in [0.25, 0.3) is 0 Å². The third-order valence-corrected chi connectivity index (χ3v) is 7.02. The van der Waals surface area contributed by atoms with Crippen LogP contribution in [0.4, 0.5) is 0 Å². The highest BCUT2D eigenvalue weighted by Crippen LogP contribution is 2.35. The van der Waals surface area contributed by atoms with Gasteiger partial charge in [0.2, 0.25) is 5.91 Å². The summed E-state index contributed by atoms with van der Waals surface area (Å²) in [6, 6.07) is 0. The Bertz CT molecular complexity index is 821. The fourth-order valence-electron chi connectivity index (χ4n) is 4.09. The predicted octanol–water partition coefficient (Wildman–Crippen LogP) is 0.543. The second-order valence-electron chi connectivity index (χ2n) is 7.35. The Kier molecular flexibility index (Phi) is 4.48. The van der Waals surface area contributed by atoms with Gasteiger partial charge in [0.05, 0.1) is 11.2 Å². The Balaban J connectivity index is 1.53. The zero-order chi connectivity index (χ0) is 18.3. The number of amides is 1. The molecule has 3 heterocycles. The van der Waals surface area contributed by atoms with E-state index >= 15 is 0 Å². The van der Waals surface area contributed by atoms with Crippen LogP contribution in [0.1, 0.15) is 19.3 Å². The van der Waals surface area contributed by atoms with Gasteiger partial charge < -0.3 is 10.6 Å². The number of rotatable bonds is 3. The molecule has 0 spiro atoms. The maximum Gasteiger partial charge on any atom is 0.247 e. The van der Waals surface area contributed by atoms with E-state index in [1.807, 2.05) is 23.4 Å². The molecule has 8 heteroatoms. The van der Waals surface area contributed by atoms with Crippen LogP contribution in [-0.2, 0) is 14.6 Å². The first-order valence-corrected chi connectivity index (χ1v) is 11.0. The summed E-state index contributed by atoms with van der Waals surface area (Å²) in [5.41, 5.74) is 2.00. The number of hydrogen-bond acceptors (Lipinski definition) is 6. The summed E-state index contributed by atoms with van der Waals surface area (Å²) in [6.07, 6.45) is 12.6. The van der Waals surface area contributed by atoms with Crippen LogP contribution in [0.2, 0.25) is 0 Å². The first kappa shape index (κ1) is 17.5. The van der Waals surface area contributed by atoms with Gasteiger partial charge in [0.15, 0.2) is 9.84 Å². The molecule has 0 bridgehead atoms. The van der Waals surface area contributed by atoms with E-state index in [1.165, 1.54) is 6.26 Å². The molecule has 26 heavy (non-hydrogen) atoms. The van der Waals surface area contributed by atoms with E-state index in [0.717, 1.165) is 37.2 Å². The van der Waals surface area contributed by atoms with Crippen molar-refractivity contribution in [2.24, 2.45) is 16.9 Å². The number of hydrazone groups is 1. The standard InChI is InChI=1S/C18H24N4O3S/c1-26(24,25)14-4-2-12(3-5-14)15-11-20-22-16(10-17(23)21-18(15)22)13-6-8-19-9-7-13/h2-4,10-11,13-15,18-19H,5-9H2,1H3,(H,21,23). The largest absolute Gasteiger partial charge is 0.330 e. The number of nitrogens with one attached hydrogen (secondary N) is 2. The van der Waals surface area contributed by atoms with Crippen LogP contribution in [0.15, 0.2) is 40.7 Å². The molecular formula is C18H24N4O3S. The number of piperidine rings is 1. The highest BCUT2D eigenvalue weighted by Gasteiger charge is 2.41. The summed E-state index contributed by atoms with van der Waals surface area (Å²) in [7, 11) is -3.09. The van der Waals surface area contributed by atoms with Gasteiger partial charge in [-0.2, -0.15) is 5.10 Å². The van der Waals surface area contributed by atoms with Crippen LogP contribution in [-0.4, -0.2) is 56.3 Å². The number of carbonyl (C=O) groups is 1. The van der Waals surface area contributed by atoms with Crippen LogP contribution in [0.3, 0.4) is 0 Å². The van der Waals surface area contributed by atoms with Gasteiger partial charge in [0.25, 0.3) is 0 Å². The third-order valence-electron chi connectivity index (χ3n) is 5.57. The Morgan fingerprint density at radius 3 is 2.69 bits per heavy atom. The van der Waals surface area contributed by atoms with Crippen molar-refractivity contribution in [3.8, 4) is 0 Å².